The predicted octanol–water partition coefficient (Wildman–Crippen LogP) is 2.90. The second-order valence-electron chi connectivity index (χ2n) is 6.66. The number of benzene rings is 2. The average Bonchev–Trinajstić information content (AvgIpc) is 3.07. The first-order valence-electron chi connectivity index (χ1n) is 8.92. The molecule has 6 nitrogen and oxygen atoms in total. The van der Waals surface area contributed by atoms with Crippen molar-refractivity contribution in [1.82, 2.24) is 4.90 Å². The predicted molar refractivity (Wildman–Crippen MR) is 112 cm³/mol. The molecule has 0 N–H and O–H groups in total. The third-order valence-corrected chi connectivity index (χ3v) is 5.04. The Balaban J connectivity index is 0.000000200. The van der Waals surface area contributed by atoms with Gasteiger partial charge in [0.25, 0.3) is 10.1 Å². The van der Waals surface area contributed by atoms with Crippen molar-refractivity contribution in [2.24, 2.45) is 4.99 Å². The number of likely N-dealkylation sites (N-methyl/N-ethyl adjacent to an activating group) is 1. The van der Waals surface area contributed by atoms with Crippen LogP contribution < -0.4 is 0 Å². The quantitative estimate of drug-likeness (QED) is 0.568. The van der Waals surface area contributed by atoms with Gasteiger partial charge in [-0.25, -0.2) is 0 Å². The van der Waals surface area contributed by atoms with Crippen LogP contribution in [0.25, 0.3) is 11.1 Å². The third kappa shape index (κ3) is 6.99. The summed E-state index contributed by atoms with van der Waals surface area (Å²) in [5.41, 5.74) is 4.11. The van der Waals surface area contributed by atoms with Crippen molar-refractivity contribution >= 4 is 22.1 Å². The lowest BCUT2D eigenvalue weighted by molar-refractivity contribution is 0.112. The molecule has 1 aliphatic rings. The lowest BCUT2D eigenvalue weighted by Crippen LogP contribution is -2.30. The van der Waals surface area contributed by atoms with Crippen LogP contribution in [0, 0.1) is 0 Å². The maximum absolute atomic E-state index is 10.8. The van der Waals surface area contributed by atoms with Gasteiger partial charge in [-0.05, 0) is 18.2 Å². The number of carbonyl (C=O) groups excluding carboxylic acids is 1. The summed E-state index contributed by atoms with van der Waals surface area (Å²) in [7, 11) is 0.366. The lowest BCUT2D eigenvalue weighted by Gasteiger charge is -2.17. The van der Waals surface area contributed by atoms with Gasteiger partial charge in [-0.15, -0.1) is 0 Å². The molecule has 0 amide bonds. The first-order chi connectivity index (χ1) is 13.3. The second kappa shape index (κ2) is 10.3. The highest BCUT2D eigenvalue weighted by molar-refractivity contribution is 7.85. The Bertz CT molecular complexity index is 894. The summed E-state index contributed by atoms with van der Waals surface area (Å²) in [6.07, 6.45) is 2.72. The van der Waals surface area contributed by atoms with Crippen LogP contribution in [0.2, 0.25) is 0 Å². The summed E-state index contributed by atoms with van der Waals surface area (Å²) in [5, 5.41) is 0. The van der Waals surface area contributed by atoms with Gasteiger partial charge >= 0.3 is 0 Å². The summed E-state index contributed by atoms with van der Waals surface area (Å²) >= 11 is 0. The maximum Gasteiger partial charge on any atom is 0.264 e. The van der Waals surface area contributed by atoms with E-state index in [1.165, 1.54) is 5.56 Å². The molecule has 2 aromatic rings. The van der Waals surface area contributed by atoms with Crippen LogP contribution >= 0.6 is 0 Å². The van der Waals surface area contributed by atoms with Crippen LogP contribution in [0.1, 0.15) is 16.8 Å². The molecule has 0 bridgehead atoms. The van der Waals surface area contributed by atoms with E-state index in [0.29, 0.717) is 5.56 Å². The van der Waals surface area contributed by atoms with E-state index >= 15 is 0 Å². The largest absolute Gasteiger partial charge is 0.298 e. The number of hydrogen-bond acceptors (Lipinski definition) is 6. The molecular formula is C21H26N2O4S. The number of carbonyl (C=O) groups is 1. The molecule has 1 unspecified atom stereocenters. The van der Waals surface area contributed by atoms with Gasteiger partial charge in [0.1, 0.15) is 6.29 Å². The number of hydrogen-bond donors (Lipinski definition) is 0. The van der Waals surface area contributed by atoms with Gasteiger partial charge in [0.15, 0.2) is 0 Å². The Morgan fingerprint density at radius 3 is 2.21 bits per heavy atom. The van der Waals surface area contributed by atoms with E-state index in [-0.39, 0.29) is 12.6 Å². The van der Waals surface area contributed by atoms with Crippen LogP contribution in [0.4, 0.5) is 0 Å². The number of aldehydes is 1. The van der Waals surface area contributed by atoms with Crippen molar-refractivity contribution in [3.8, 4) is 11.1 Å². The van der Waals surface area contributed by atoms with Gasteiger partial charge in [-0.2, -0.15) is 8.42 Å². The zero-order valence-electron chi connectivity index (χ0n) is 16.4. The molecule has 0 radical (unpaired) electrons. The zero-order valence-corrected chi connectivity index (χ0v) is 17.2. The maximum atomic E-state index is 10.8. The molecule has 1 atom stereocenters. The Morgan fingerprint density at radius 1 is 1.11 bits per heavy atom. The van der Waals surface area contributed by atoms with Gasteiger partial charge in [0.2, 0.25) is 0 Å². The van der Waals surface area contributed by atoms with E-state index in [1.54, 1.807) is 7.05 Å². The molecule has 0 saturated carbocycles. The number of likely N-dealkylation sites (tertiary alicyclic amines) is 1. The number of rotatable bonds is 5. The first kappa shape index (κ1) is 21.9. The van der Waals surface area contributed by atoms with Crippen LogP contribution in [0.5, 0.6) is 0 Å². The van der Waals surface area contributed by atoms with Gasteiger partial charge in [0, 0.05) is 37.3 Å². The summed E-state index contributed by atoms with van der Waals surface area (Å²) in [6.45, 7) is 1.02. The second-order valence-corrected chi connectivity index (χ2v) is 8.30. The monoisotopic (exact) mass is 402 g/mol. The van der Waals surface area contributed by atoms with E-state index in [4.69, 9.17) is 4.18 Å². The fourth-order valence-electron chi connectivity index (χ4n) is 2.84. The van der Waals surface area contributed by atoms with Crippen LogP contribution in [0.15, 0.2) is 59.6 Å². The summed E-state index contributed by atoms with van der Waals surface area (Å²) in [6, 6.07) is 17.8. The van der Waals surface area contributed by atoms with E-state index < -0.39 is 10.1 Å². The van der Waals surface area contributed by atoms with E-state index in [0.717, 1.165) is 36.8 Å². The zero-order chi connectivity index (χ0) is 20.6. The van der Waals surface area contributed by atoms with Crippen LogP contribution in [0.3, 0.4) is 0 Å². The average molecular weight is 403 g/mol. The molecular weight excluding hydrogens is 376 g/mol. The van der Waals surface area contributed by atoms with E-state index in [9.17, 15) is 13.2 Å². The fraction of sp³-hybridized carbons (Fsp3) is 0.333. The molecule has 1 fully saturated rings. The fourth-order valence-corrected chi connectivity index (χ4v) is 3.25. The van der Waals surface area contributed by atoms with Gasteiger partial charge in [-0.1, -0.05) is 54.6 Å². The molecule has 2 aromatic carbocycles. The molecule has 3 rings (SSSR count). The minimum atomic E-state index is -3.33. The van der Waals surface area contributed by atoms with Crippen molar-refractivity contribution < 1.29 is 17.4 Å². The third-order valence-electron chi connectivity index (χ3n) is 4.47. The molecule has 1 heterocycles. The number of nitrogens with zero attached hydrogens (tertiary/aromatic N) is 2. The molecule has 150 valence electrons. The van der Waals surface area contributed by atoms with Crippen molar-refractivity contribution in [3.05, 3.63) is 60.2 Å². The Morgan fingerprint density at radius 2 is 1.71 bits per heavy atom. The molecule has 28 heavy (non-hydrogen) atoms. The van der Waals surface area contributed by atoms with E-state index in [1.807, 2.05) is 54.4 Å². The van der Waals surface area contributed by atoms with Gasteiger partial charge in [0.05, 0.1) is 12.9 Å². The van der Waals surface area contributed by atoms with Crippen molar-refractivity contribution in [1.29, 1.82) is 0 Å². The highest BCUT2D eigenvalue weighted by Crippen LogP contribution is 2.18. The van der Waals surface area contributed by atoms with Crippen molar-refractivity contribution in [2.45, 2.75) is 12.5 Å². The van der Waals surface area contributed by atoms with Crippen molar-refractivity contribution in [2.75, 3.05) is 33.5 Å². The minimum absolute atomic E-state index is 0.128. The van der Waals surface area contributed by atoms with E-state index in [2.05, 4.69) is 17.1 Å². The first-order valence-corrected chi connectivity index (χ1v) is 10.7. The molecule has 1 aliphatic heterocycles. The minimum Gasteiger partial charge on any atom is -0.298 e. The topological polar surface area (TPSA) is 76.0 Å². The molecule has 0 aromatic heterocycles. The molecule has 0 aliphatic carbocycles. The lowest BCUT2D eigenvalue weighted by atomic mass is 10.0. The smallest absolute Gasteiger partial charge is 0.264 e. The summed E-state index contributed by atoms with van der Waals surface area (Å²) in [5.74, 6) is 0. The molecule has 1 saturated heterocycles. The summed E-state index contributed by atoms with van der Waals surface area (Å²) < 4.78 is 26.3. The Hall–Kier alpha value is -2.35. The highest BCUT2D eigenvalue weighted by atomic mass is 32.2. The number of aliphatic imine (C=N–C) groups is 1. The molecule has 0 spiro atoms. The summed E-state index contributed by atoms with van der Waals surface area (Å²) in [4.78, 5) is 16.6. The normalized spacial score (nSPS) is 18.5. The van der Waals surface area contributed by atoms with Crippen molar-refractivity contribution in [3.63, 3.8) is 0 Å². The SMILES string of the molecule is CN=C1CC(COS(C)(=O)=O)N(C)C1.O=Cc1ccc(-c2ccccc2)cc1. The Kier molecular flexibility index (Phi) is 8.04. The molecule has 7 heteroatoms. The standard InChI is InChI=1S/C13H10O.C8H16N2O3S/c14-10-11-6-8-13(9-7-11)12-4-2-1-3-5-12;1-9-7-4-8(10(2)5-7)6-13-14(3,11)12/h1-10H;8H,4-6H2,1-3H3. The van der Waals surface area contributed by atoms with Gasteiger partial charge in [-0.3, -0.25) is 18.9 Å². The van der Waals surface area contributed by atoms with Crippen LogP contribution in [-0.4, -0.2) is 64.9 Å². The Labute approximate surface area is 167 Å². The van der Waals surface area contributed by atoms with Gasteiger partial charge < -0.3 is 0 Å². The van der Waals surface area contributed by atoms with Crippen LogP contribution in [-0.2, 0) is 14.3 Å². The highest BCUT2D eigenvalue weighted by Gasteiger charge is 2.26.